The van der Waals surface area contributed by atoms with E-state index in [9.17, 15) is 0 Å². The molecule has 1 aliphatic heterocycles. The van der Waals surface area contributed by atoms with E-state index in [4.69, 9.17) is 31.4 Å². The van der Waals surface area contributed by atoms with Crippen molar-refractivity contribution in [2.45, 2.75) is 0 Å². The molecule has 0 bridgehead atoms. The summed E-state index contributed by atoms with van der Waals surface area (Å²) >= 11 is 5.95. The molecule has 0 amide bonds. The van der Waals surface area contributed by atoms with Crippen molar-refractivity contribution in [3.63, 3.8) is 0 Å². The number of pyridine rings is 1. The number of ether oxygens (including phenoxy) is 1. The Morgan fingerprint density at radius 3 is 2.43 bits per heavy atom. The van der Waals surface area contributed by atoms with Crippen LogP contribution in [0.5, 0.6) is 5.75 Å². The number of benzene rings is 2. The molecule has 0 saturated carbocycles. The van der Waals surface area contributed by atoms with E-state index in [1.807, 2.05) is 65.2 Å². The van der Waals surface area contributed by atoms with Crippen molar-refractivity contribution < 1.29 is 4.74 Å². The molecule has 9 heteroatoms. The molecule has 0 aliphatic carbocycles. The Bertz CT molecular complexity index is 1450. The number of hydrogen-bond acceptors (Lipinski definition) is 7. The van der Waals surface area contributed by atoms with Gasteiger partial charge in [0.25, 0.3) is 0 Å². The van der Waals surface area contributed by atoms with Gasteiger partial charge in [0, 0.05) is 61.1 Å². The van der Waals surface area contributed by atoms with Crippen LogP contribution < -0.4 is 9.64 Å². The average molecular weight is 486 g/mol. The van der Waals surface area contributed by atoms with E-state index in [1.165, 1.54) is 0 Å². The Balaban J connectivity index is 1.21. The lowest BCUT2D eigenvalue weighted by molar-refractivity contribution is 0.200. The second-order valence-corrected chi connectivity index (χ2v) is 8.90. The first-order valence-electron chi connectivity index (χ1n) is 11.7. The largest absolute Gasteiger partial charge is 0.492 e. The fourth-order valence-electron chi connectivity index (χ4n) is 4.36. The Hall–Kier alpha value is -3.75. The fraction of sp³-hybridized carbons (Fsp3) is 0.231. The zero-order chi connectivity index (χ0) is 23.6. The van der Waals surface area contributed by atoms with Gasteiger partial charge in [0.2, 0.25) is 5.95 Å². The van der Waals surface area contributed by atoms with Gasteiger partial charge in [-0.3, -0.25) is 9.88 Å². The van der Waals surface area contributed by atoms with Gasteiger partial charge >= 0.3 is 0 Å². The maximum Gasteiger partial charge on any atom is 0.229 e. The number of piperazine rings is 1. The summed E-state index contributed by atoms with van der Waals surface area (Å²) in [5.41, 5.74) is 2.67. The van der Waals surface area contributed by atoms with Crippen LogP contribution >= 0.6 is 11.6 Å². The van der Waals surface area contributed by atoms with E-state index in [-0.39, 0.29) is 0 Å². The maximum absolute atomic E-state index is 5.95. The van der Waals surface area contributed by atoms with E-state index in [2.05, 4.69) is 14.8 Å². The Morgan fingerprint density at radius 1 is 0.857 bits per heavy atom. The third-order valence-electron chi connectivity index (χ3n) is 6.25. The monoisotopic (exact) mass is 485 g/mol. The normalized spacial score (nSPS) is 14.6. The number of hydrogen-bond donors (Lipinski definition) is 0. The van der Waals surface area contributed by atoms with Crippen molar-refractivity contribution in [3.8, 4) is 17.1 Å². The van der Waals surface area contributed by atoms with Crippen LogP contribution in [0, 0.1) is 0 Å². The van der Waals surface area contributed by atoms with Crippen molar-refractivity contribution >= 4 is 34.1 Å². The van der Waals surface area contributed by atoms with Gasteiger partial charge in [0.15, 0.2) is 11.5 Å². The summed E-state index contributed by atoms with van der Waals surface area (Å²) in [6.07, 6.45) is 3.52. The van der Waals surface area contributed by atoms with Crippen molar-refractivity contribution in [3.05, 3.63) is 78.1 Å². The van der Waals surface area contributed by atoms with Crippen LogP contribution in [0.25, 0.3) is 27.9 Å². The van der Waals surface area contributed by atoms with E-state index in [0.717, 1.165) is 66.5 Å². The minimum atomic E-state index is 0.637. The molecular formula is C26H24ClN7O. The lowest BCUT2D eigenvalue weighted by Crippen LogP contribution is -2.48. The smallest absolute Gasteiger partial charge is 0.229 e. The molecule has 1 saturated heterocycles. The minimum absolute atomic E-state index is 0.637. The topological polar surface area (TPSA) is 71.7 Å². The molecule has 1 fully saturated rings. The van der Waals surface area contributed by atoms with Gasteiger partial charge < -0.3 is 9.64 Å². The standard InChI is InChI=1S/C26H24ClN7O/c27-20-5-7-21(8-6-20)35-18-17-32-13-15-33(16-14-32)26-29-23-4-2-1-3-22(23)25-30-24(31-34(25)26)19-9-11-28-12-10-19/h1-12H,13-18H2. The molecule has 0 spiro atoms. The number of nitrogens with zero attached hydrogens (tertiary/aromatic N) is 7. The quantitative estimate of drug-likeness (QED) is 0.357. The van der Waals surface area contributed by atoms with Crippen molar-refractivity contribution in [1.29, 1.82) is 0 Å². The van der Waals surface area contributed by atoms with Crippen LogP contribution in [0.4, 0.5) is 5.95 Å². The van der Waals surface area contributed by atoms with Crippen LogP contribution in [0.3, 0.4) is 0 Å². The zero-order valence-corrected chi connectivity index (χ0v) is 19.8. The second-order valence-electron chi connectivity index (χ2n) is 8.47. The van der Waals surface area contributed by atoms with Gasteiger partial charge in [0.1, 0.15) is 12.4 Å². The van der Waals surface area contributed by atoms with Gasteiger partial charge in [-0.15, -0.1) is 5.10 Å². The first kappa shape index (κ1) is 21.8. The first-order valence-corrected chi connectivity index (χ1v) is 12.0. The highest BCUT2D eigenvalue weighted by molar-refractivity contribution is 6.30. The SMILES string of the molecule is Clc1ccc(OCCN2CCN(c3nc4ccccc4c4nc(-c5ccncc5)nn34)CC2)cc1. The summed E-state index contributed by atoms with van der Waals surface area (Å²) in [4.78, 5) is 18.7. The summed E-state index contributed by atoms with van der Waals surface area (Å²) in [6, 6.07) is 19.4. The van der Waals surface area contributed by atoms with Crippen LogP contribution in [0.2, 0.25) is 5.02 Å². The summed E-state index contributed by atoms with van der Waals surface area (Å²) in [6.45, 7) is 5.06. The molecule has 5 aromatic rings. The van der Waals surface area contributed by atoms with E-state index in [1.54, 1.807) is 12.4 Å². The Morgan fingerprint density at radius 2 is 1.63 bits per heavy atom. The Labute approximate surface area is 207 Å². The summed E-state index contributed by atoms with van der Waals surface area (Å²) < 4.78 is 7.76. The zero-order valence-electron chi connectivity index (χ0n) is 19.1. The predicted octanol–water partition coefficient (Wildman–Crippen LogP) is 4.19. The van der Waals surface area contributed by atoms with Gasteiger partial charge in [-0.25, -0.2) is 9.97 Å². The first-order chi connectivity index (χ1) is 17.2. The molecule has 35 heavy (non-hydrogen) atoms. The van der Waals surface area contributed by atoms with Crippen LogP contribution in [-0.2, 0) is 0 Å². The van der Waals surface area contributed by atoms with Gasteiger partial charge in [-0.1, -0.05) is 23.7 Å². The van der Waals surface area contributed by atoms with Crippen molar-refractivity contribution in [2.24, 2.45) is 0 Å². The molecule has 0 radical (unpaired) electrons. The molecule has 0 atom stereocenters. The van der Waals surface area contributed by atoms with Crippen LogP contribution in [0.1, 0.15) is 0 Å². The predicted molar refractivity (Wildman–Crippen MR) is 137 cm³/mol. The van der Waals surface area contributed by atoms with E-state index in [0.29, 0.717) is 17.5 Å². The molecule has 0 unspecified atom stereocenters. The number of halogens is 1. The minimum Gasteiger partial charge on any atom is -0.492 e. The average Bonchev–Trinajstić information content (AvgIpc) is 3.36. The van der Waals surface area contributed by atoms with Crippen LogP contribution in [0.15, 0.2) is 73.1 Å². The highest BCUT2D eigenvalue weighted by Crippen LogP contribution is 2.26. The second kappa shape index (κ2) is 9.48. The number of anilines is 1. The number of fused-ring (bicyclic) bond motifs is 3. The maximum atomic E-state index is 5.95. The third-order valence-corrected chi connectivity index (χ3v) is 6.50. The summed E-state index contributed by atoms with van der Waals surface area (Å²) in [5.74, 6) is 2.33. The Kier molecular flexibility index (Phi) is 5.89. The highest BCUT2D eigenvalue weighted by Gasteiger charge is 2.23. The molecule has 1 aliphatic rings. The fourth-order valence-corrected chi connectivity index (χ4v) is 4.49. The molecular weight excluding hydrogens is 462 g/mol. The molecule has 2 aromatic carbocycles. The summed E-state index contributed by atoms with van der Waals surface area (Å²) in [7, 11) is 0. The number of aromatic nitrogens is 5. The number of rotatable bonds is 6. The molecule has 4 heterocycles. The highest BCUT2D eigenvalue weighted by atomic mass is 35.5. The molecule has 6 rings (SSSR count). The van der Waals surface area contributed by atoms with E-state index < -0.39 is 0 Å². The van der Waals surface area contributed by atoms with Gasteiger partial charge in [0.05, 0.1) is 5.52 Å². The molecule has 176 valence electrons. The van der Waals surface area contributed by atoms with Crippen LogP contribution in [-0.4, -0.2) is 68.8 Å². The molecule has 8 nitrogen and oxygen atoms in total. The van der Waals surface area contributed by atoms with Gasteiger partial charge in [-0.05, 0) is 48.5 Å². The lowest BCUT2D eigenvalue weighted by atomic mass is 10.2. The van der Waals surface area contributed by atoms with Crippen molar-refractivity contribution in [2.75, 3.05) is 44.2 Å². The third kappa shape index (κ3) is 4.50. The molecule has 0 N–H and O–H groups in total. The summed E-state index contributed by atoms with van der Waals surface area (Å²) in [5, 5.41) is 6.55. The van der Waals surface area contributed by atoms with E-state index >= 15 is 0 Å². The molecule has 3 aromatic heterocycles. The lowest BCUT2D eigenvalue weighted by Gasteiger charge is -2.35. The van der Waals surface area contributed by atoms with Crippen molar-refractivity contribution in [1.82, 2.24) is 29.5 Å². The van der Waals surface area contributed by atoms with Gasteiger partial charge in [-0.2, -0.15) is 4.52 Å². The number of para-hydroxylation sites is 1.